The highest BCUT2D eigenvalue weighted by Crippen LogP contribution is 2.43. The first-order chi connectivity index (χ1) is 28.0. The second kappa shape index (κ2) is 39.1. The zero-order chi connectivity index (χ0) is 42.8. The average Bonchev–Trinajstić information content (AvgIpc) is 3.17. The van der Waals surface area contributed by atoms with Crippen LogP contribution in [-0.4, -0.2) is 74.9 Å². The quantitative estimate of drug-likeness (QED) is 0.0217. The normalized spacial score (nSPS) is 14.7. The van der Waals surface area contributed by atoms with Crippen LogP contribution in [0.3, 0.4) is 0 Å². The number of carbonyl (C=O) groups is 2. The summed E-state index contributed by atoms with van der Waals surface area (Å²) in [5, 5.41) is 0. The second-order valence-electron chi connectivity index (χ2n) is 15.0. The van der Waals surface area contributed by atoms with E-state index in [1.807, 2.05) is 33.3 Å². The van der Waals surface area contributed by atoms with Crippen LogP contribution in [0.2, 0.25) is 0 Å². The summed E-state index contributed by atoms with van der Waals surface area (Å²) in [6.45, 7) is 4.11. The number of likely N-dealkylation sites (N-methyl/N-ethyl adjacent to an activating group) is 1. The van der Waals surface area contributed by atoms with Crippen molar-refractivity contribution in [2.24, 2.45) is 0 Å². The Morgan fingerprint density at radius 2 is 0.966 bits per heavy atom. The Kier molecular flexibility index (Phi) is 36.9. The van der Waals surface area contributed by atoms with Gasteiger partial charge in [-0.05, 0) is 89.9 Å². The zero-order valence-electron chi connectivity index (χ0n) is 36.7. The van der Waals surface area contributed by atoms with Crippen molar-refractivity contribution in [3.63, 3.8) is 0 Å². The molecule has 0 spiro atoms. The summed E-state index contributed by atoms with van der Waals surface area (Å²) < 4.78 is 34.1. The molecule has 0 rings (SSSR count). The van der Waals surface area contributed by atoms with Gasteiger partial charge in [0.1, 0.15) is 19.8 Å². The molecule has 0 saturated carbocycles. The number of nitrogens with zero attached hydrogens (tertiary/aromatic N) is 1. The summed E-state index contributed by atoms with van der Waals surface area (Å²) in [7, 11) is 1.39. The van der Waals surface area contributed by atoms with Gasteiger partial charge in [0.25, 0.3) is 0 Å². The number of hydrogen-bond acceptors (Lipinski definition) is 7. The Labute approximate surface area is 353 Å². The van der Waals surface area contributed by atoms with Crippen LogP contribution < -0.4 is 0 Å². The van der Waals surface area contributed by atoms with E-state index in [1.165, 1.54) is 25.7 Å². The first-order valence-corrected chi connectivity index (χ1v) is 23.1. The van der Waals surface area contributed by atoms with Gasteiger partial charge in [0.05, 0.1) is 27.7 Å². The Bertz CT molecular complexity index is 1350. The Hall–Kier alpha value is -3.33. The number of phosphoric ester groups is 1. The van der Waals surface area contributed by atoms with Crippen LogP contribution in [0.5, 0.6) is 0 Å². The third-order valence-electron chi connectivity index (χ3n) is 8.29. The van der Waals surface area contributed by atoms with E-state index < -0.39 is 32.5 Å². The van der Waals surface area contributed by atoms with E-state index in [9.17, 15) is 19.0 Å². The minimum absolute atomic E-state index is 0.00591. The molecular weight excluding hydrogens is 750 g/mol. The third-order valence-corrected chi connectivity index (χ3v) is 9.27. The van der Waals surface area contributed by atoms with E-state index >= 15 is 0 Å². The maximum atomic E-state index is 12.7. The SMILES string of the molecule is CC/C=C\C/C=C\C/C=C\C/C=C\C/C=C\CCCC(=O)O[C@H](COC(=O)CCC/C=C\C/C=C\C/C=C\C/C=C\CCCCC)COP(=O)(O)OCC[N+](C)(C)C. The lowest BCUT2D eigenvalue weighted by molar-refractivity contribution is -0.870. The Morgan fingerprint density at radius 1 is 0.552 bits per heavy atom. The molecule has 0 amide bonds. The van der Waals surface area contributed by atoms with E-state index in [2.05, 4.69) is 111 Å². The molecule has 10 heteroatoms. The monoisotopic (exact) mass is 829 g/mol. The van der Waals surface area contributed by atoms with Crippen LogP contribution >= 0.6 is 7.82 Å². The number of ether oxygens (including phenoxy) is 2. The van der Waals surface area contributed by atoms with Crippen molar-refractivity contribution >= 4 is 19.8 Å². The van der Waals surface area contributed by atoms with E-state index in [-0.39, 0.29) is 26.1 Å². The number of phosphoric acid groups is 1. The smallest absolute Gasteiger partial charge is 0.462 e. The summed E-state index contributed by atoms with van der Waals surface area (Å²) in [5.41, 5.74) is 0. The summed E-state index contributed by atoms with van der Waals surface area (Å²) in [6, 6.07) is 0. The predicted molar refractivity (Wildman–Crippen MR) is 242 cm³/mol. The van der Waals surface area contributed by atoms with Crippen LogP contribution in [0.4, 0.5) is 0 Å². The molecule has 0 aromatic heterocycles. The van der Waals surface area contributed by atoms with E-state index in [0.717, 1.165) is 57.8 Å². The van der Waals surface area contributed by atoms with E-state index in [0.29, 0.717) is 30.3 Å². The van der Waals surface area contributed by atoms with Crippen molar-refractivity contribution in [3.05, 3.63) is 109 Å². The minimum atomic E-state index is -4.41. The molecule has 0 aliphatic carbocycles. The van der Waals surface area contributed by atoms with Gasteiger partial charge in [0, 0.05) is 12.8 Å². The number of rotatable bonds is 37. The zero-order valence-corrected chi connectivity index (χ0v) is 37.6. The highest BCUT2D eigenvalue weighted by Gasteiger charge is 2.27. The van der Waals surface area contributed by atoms with Gasteiger partial charge in [0.15, 0.2) is 6.10 Å². The number of esters is 2. The highest BCUT2D eigenvalue weighted by atomic mass is 31.2. The third kappa shape index (κ3) is 42.3. The molecule has 0 radical (unpaired) electrons. The molecule has 1 unspecified atom stereocenters. The molecule has 1 N–H and O–H groups in total. The lowest BCUT2D eigenvalue weighted by atomic mass is 10.2. The van der Waals surface area contributed by atoms with Gasteiger partial charge in [-0.3, -0.25) is 18.6 Å². The summed E-state index contributed by atoms with van der Waals surface area (Å²) in [4.78, 5) is 35.3. The van der Waals surface area contributed by atoms with Gasteiger partial charge in [0.2, 0.25) is 0 Å². The molecule has 0 fully saturated rings. The molecule has 0 heterocycles. The molecule has 58 heavy (non-hydrogen) atoms. The van der Waals surface area contributed by atoms with Crippen molar-refractivity contribution in [1.82, 2.24) is 0 Å². The molecular formula is C48H79NO8P+. The molecule has 0 aromatic rings. The van der Waals surface area contributed by atoms with E-state index in [4.69, 9.17) is 18.5 Å². The van der Waals surface area contributed by atoms with Crippen LogP contribution in [0, 0.1) is 0 Å². The predicted octanol–water partition coefficient (Wildman–Crippen LogP) is 12.3. The number of allylic oxidation sites excluding steroid dienone is 18. The van der Waals surface area contributed by atoms with Crippen LogP contribution in [0.25, 0.3) is 0 Å². The lowest BCUT2D eigenvalue weighted by Crippen LogP contribution is -2.37. The molecule has 9 nitrogen and oxygen atoms in total. The maximum Gasteiger partial charge on any atom is 0.472 e. The van der Waals surface area contributed by atoms with Gasteiger partial charge < -0.3 is 18.9 Å². The first kappa shape index (κ1) is 54.7. The average molecular weight is 829 g/mol. The van der Waals surface area contributed by atoms with E-state index in [1.54, 1.807) is 0 Å². The fourth-order valence-corrected chi connectivity index (χ4v) is 5.66. The lowest BCUT2D eigenvalue weighted by Gasteiger charge is -2.24. The van der Waals surface area contributed by atoms with Gasteiger partial charge in [-0.2, -0.15) is 0 Å². The fourth-order valence-electron chi connectivity index (χ4n) is 4.92. The van der Waals surface area contributed by atoms with Gasteiger partial charge in [-0.25, -0.2) is 4.57 Å². The largest absolute Gasteiger partial charge is 0.472 e. The van der Waals surface area contributed by atoms with Gasteiger partial charge >= 0.3 is 19.8 Å². The fraction of sp³-hybridized carbons (Fsp3) is 0.583. The van der Waals surface area contributed by atoms with Crippen molar-refractivity contribution in [2.45, 2.75) is 136 Å². The summed E-state index contributed by atoms with van der Waals surface area (Å²) in [6.07, 6.45) is 53.0. The molecule has 0 saturated heterocycles. The van der Waals surface area contributed by atoms with Crippen molar-refractivity contribution in [3.8, 4) is 0 Å². The number of quaternary nitrogens is 1. The standard InChI is InChI=1S/C48H78NO8P/c1-6-8-10-12-14-16-18-20-22-24-26-28-30-32-34-36-38-40-47(50)54-44-46(45-56-58(52,53)55-43-42-49(3,4)5)57-48(51)41-39-37-35-33-31-29-27-25-23-21-19-17-15-13-11-9-7-2/h9,11,14-17,20-23,26-29,32-35,46H,6-8,10,12-13,18-19,24-25,30-31,36-45H2,1-5H3/p+1/b11-9-,16-14-,17-15-,22-20-,23-21-,28-26-,29-27-,34-32-,35-33-/t46-/m1/s1. The molecule has 0 aromatic carbocycles. The topological polar surface area (TPSA) is 108 Å². The number of carbonyl (C=O) groups excluding carboxylic acids is 2. The van der Waals surface area contributed by atoms with Crippen LogP contribution in [0.1, 0.15) is 129 Å². The van der Waals surface area contributed by atoms with Gasteiger partial charge in [-0.1, -0.05) is 136 Å². The van der Waals surface area contributed by atoms with Crippen LogP contribution in [0.15, 0.2) is 109 Å². The minimum Gasteiger partial charge on any atom is -0.462 e. The molecule has 2 atom stereocenters. The van der Waals surface area contributed by atoms with Crippen molar-refractivity contribution < 1.29 is 42.1 Å². The maximum absolute atomic E-state index is 12.7. The van der Waals surface area contributed by atoms with Crippen molar-refractivity contribution in [1.29, 1.82) is 0 Å². The number of unbranched alkanes of at least 4 members (excludes halogenated alkanes) is 5. The Morgan fingerprint density at radius 3 is 1.40 bits per heavy atom. The molecule has 0 aliphatic rings. The summed E-state index contributed by atoms with van der Waals surface area (Å²) >= 11 is 0. The number of hydrogen-bond donors (Lipinski definition) is 1. The molecule has 0 bridgehead atoms. The first-order valence-electron chi connectivity index (χ1n) is 21.6. The van der Waals surface area contributed by atoms with Crippen LogP contribution in [-0.2, 0) is 32.7 Å². The second-order valence-corrected chi connectivity index (χ2v) is 16.4. The Balaban J connectivity index is 4.59. The van der Waals surface area contributed by atoms with Gasteiger partial charge in [-0.15, -0.1) is 0 Å². The highest BCUT2D eigenvalue weighted by molar-refractivity contribution is 7.47. The molecule has 0 aliphatic heterocycles. The van der Waals surface area contributed by atoms with Crippen molar-refractivity contribution in [2.75, 3.05) is 47.5 Å². The molecule has 328 valence electrons. The summed E-state index contributed by atoms with van der Waals surface area (Å²) in [5.74, 6) is -0.946.